The number of nitrogens with zero attached hydrogens (tertiary/aromatic N) is 2. The van der Waals surface area contributed by atoms with Crippen molar-refractivity contribution >= 4 is 22.9 Å². The second kappa shape index (κ2) is 4.52. The number of aromatic nitrogens is 2. The summed E-state index contributed by atoms with van der Waals surface area (Å²) in [6.45, 7) is 5.98. The number of aryl methyl sites for hydroxylation is 2. The number of thiophene rings is 1. The number of alkyl halides is 1. The molecule has 2 rings (SSSR count). The molecule has 0 bridgehead atoms. The van der Waals surface area contributed by atoms with Crippen molar-refractivity contribution in [3.05, 3.63) is 33.8 Å². The van der Waals surface area contributed by atoms with Crippen molar-refractivity contribution < 1.29 is 0 Å². The van der Waals surface area contributed by atoms with Crippen LogP contribution in [0.2, 0.25) is 0 Å². The van der Waals surface area contributed by atoms with Gasteiger partial charge in [-0.2, -0.15) is 11.3 Å². The maximum atomic E-state index is 6.04. The zero-order valence-electron chi connectivity index (χ0n) is 9.49. The van der Waals surface area contributed by atoms with Crippen LogP contribution in [0.3, 0.4) is 0 Å². The largest absolute Gasteiger partial charge is 0.236 e. The topological polar surface area (TPSA) is 25.8 Å². The molecule has 0 saturated carbocycles. The fraction of sp³-hybridized carbons (Fsp3) is 0.333. The maximum absolute atomic E-state index is 6.04. The Morgan fingerprint density at radius 1 is 1.31 bits per heavy atom. The van der Waals surface area contributed by atoms with Gasteiger partial charge in [-0.15, -0.1) is 11.6 Å². The molecule has 16 heavy (non-hydrogen) atoms. The molecule has 1 unspecified atom stereocenters. The van der Waals surface area contributed by atoms with Gasteiger partial charge in [-0.1, -0.05) is 0 Å². The van der Waals surface area contributed by atoms with Crippen LogP contribution in [-0.2, 0) is 0 Å². The molecule has 0 amide bonds. The van der Waals surface area contributed by atoms with Crippen LogP contribution in [0.5, 0.6) is 0 Å². The smallest absolute Gasteiger partial charge is 0.160 e. The number of hydrogen-bond acceptors (Lipinski definition) is 3. The van der Waals surface area contributed by atoms with Gasteiger partial charge in [0, 0.05) is 28.4 Å². The molecular weight excluding hydrogens is 240 g/mol. The normalized spacial score (nSPS) is 12.8. The molecule has 0 N–H and O–H groups in total. The number of halogens is 1. The first kappa shape index (κ1) is 11.6. The van der Waals surface area contributed by atoms with Crippen LogP contribution in [0, 0.1) is 13.8 Å². The van der Waals surface area contributed by atoms with Crippen LogP contribution >= 0.6 is 22.9 Å². The summed E-state index contributed by atoms with van der Waals surface area (Å²) in [5, 5.41) is 4.14. The van der Waals surface area contributed by atoms with E-state index in [0.717, 1.165) is 22.6 Å². The van der Waals surface area contributed by atoms with Crippen LogP contribution in [0.25, 0.3) is 11.4 Å². The summed E-state index contributed by atoms with van der Waals surface area (Å²) in [5.74, 6) is 0.789. The minimum Gasteiger partial charge on any atom is -0.236 e. The summed E-state index contributed by atoms with van der Waals surface area (Å²) >= 11 is 7.71. The van der Waals surface area contributed by atoms with Crippen molar-refractivity contribution in [2.75, 3.05) is 0 Å². The molecule has 4 heteroatoms. The highest BCUT2D eigenvalue weighted by Gasteiger charge is 2.11. The van der Waals surface area contributed by atoms with Crippen LogP contribution in [0.4, 0.5) is 0 Å². The van der Waals surface area contributed by atoms with E-state index in [1.807, 2.05) is 20.0 Å². The van der Waals surface area contributed by atoms with Gasteiger partial charge in [0.05, 0.1) is 5.38 Å². The lowest BCUT2D eigenvalue weighted by molar-refractivity contribution is 0.976. The summed E-state index contributed by atoms with van der Waals surface area (Å²) in [6, 6.07) is 0. The molecule has 2 aromatic heterocycles. The van der Waals surface area contributed by atoms with Crippen LogP contribution in [-0.4, -0.2) is 9.97 Å². The molecule has 2 aromatic rings. The van der Waals surface area contributed by atoms with E-state index >= 15 is 0 Å². The van der Waals surface area contributed by atoms with Gasteiger partial charge in [0.25, 0.3) is 0 Å². The average molecular weight is 253 g/mol. The first-order chi connectivity index (χ1) is 7.59. The SMILES string of the molecule is Cc1cscc1-c1ncc(C(C)Cl)c(C)n1. The van der Waals surface area contributed by atoms with Gasteiger partial charge in [0.15, 0.2) is 5.82 Å². The lowest BCUT2D eigenvalue weighted by Gasteiger charge is -2.08. The standard InChI is InChI=1S/C12H13ClN2S/c1-7-5-16-6-11(7)12-14-4-10(8(2)13)9(3)15-12/h4-6,8H,1-3H3. The Bertz CT molecular complexity index is 505. The highest BCUT2D eigenvalue weighted by Crippen LogP contribution is 2.26. The molecule has 84 valence electrons. The second-order valence-electron chi connectivity index (χ2n) is 3.82. The van der Waals surface area contributed by atoms with Gasteiger partial charge < -0.3 is 0 Å². The summed E-state index contributed by atoms with van der Waals surface area (Å²) in [7, 11) is 0. The van der Waals surface area contributed by atoms with Crippen molar-refractivity contribution in [1.29, 1.82) is 0 Å². The minimum atomic E-state index is -0.0439. The first-order valence-corrected chi connectivity index (χ1v) is 6.48. The zero-order chi connectivity index (χ0) is 11.7. The monoisotopic (exact) mass is 252 g/mol. The van der Waals surface area contributed by atoms with E-state index in [1.54, 1.807) is 11.3 Å². The van der Waals surface area contributed by atoms with E-state index < -0.39 is 0 Å². The first-order valence-electron chi connectivity index (χ1n) is 5.10. The van der Waals surface area contributed by atoms with Crippen molar-refractivity contribution in [3.63, 3.8) is 0 Å². The Kier molecular flexibility index (Phi) is 3.26. The molecule has 0 aliphatic rings. The molecule has 0 aliphatic heterocycles. The lowest BCUT2D eigenvalue weighted by atomic mass is 10.1. The van der Waals surface area contributed by atoms with E-state index in [1.165, 1.54) is 5.56 Å². The van der Waals surface area contributed by atoms with Crippen molar-refractivity contribution in [3.8, 4) is 11.4 Å². The van der Waals surface area contributed by atoms with Crippen LogP contribution in [0.15, 0.2) is 17.0 Å². The Morgan fingerprint density at radius 3 is 2.56 bits per heavy atom. The minimum absolute atomic E-state index is 0.0439. The van der Waals surface area contributed by atoms with E-state index in [9.17, 15) is 0 Å². The highest BCUT2D eigenvalue weighted by atomic mass is 35.5. The van der Waals surface area contributed by atoms with E-state index in [-0.39, 0.29) is 5.38 Å². The van der Waals surface area contributed by atoms with Gasteiger partial charge in [-0.05, 0) is 31.7 Å². The van der Waals surface area contributed by atoms with Gasteiger partial charge in [0.2, 0.25) is 0 Å². The molecule has 0 spiro atoms. The summed E-state index contributed by atoms with van der Waals surface area (Å²) in [5.41, 5.74) is 4.29. The Labute approximate surface area is 104 Å². The molecule has 0 aromatic carbocycles. The molecular formula is C12H13ClN2S. The average Bonchev–Trinajstić information content (AvgIpc) is 2.63. The van der Waals surface area contributed by atoms with E-state index in [0.29, 0.717) is 0 Å². The molecule has 1 atom stereocenters. The number of rotatable bonds is 2. The van der Waals surface area contributed by atoms with Crippen molar-refractivity contribution in [1.82, 2.24) is 9.97 Å². The third-order valence-electron chi connectivity index (χ3n) is 2.54. The molecule has 2 heterocycles. The lowest BCUT2D eigenvalue weighted by Crippen LogP contribution is -1.98. The Balaban J connectivity index is 2.46. The Hall–Kier alpha value is -0.930. The molecule has 0 aliphatic carbocycles. The maximum Gasteiger partial charge on any atom is 0.160 e. The fourth-order valence-corrected chi connectivity index (χ4v) is 2.63. The molecule has 0 saturated heterocycles. The predicted molar refractivity (Wildman–Crippen MR) is 69.1 cm³/mol. The van der Waals surface area contributed by atoms with Gasteiger partial charge in [-0.3, -0.25) is 0 Å². The predicted octanol–water partition coefficient (Wildman–Crippen LogP) is 4.12. The molecule has 2 nitrogen and oxygen atoms in total. The third-order valence-corrected chi connectivity index (χ3v) is 3.64. The summed E-state index contributed by atoms with van der Waals surface area (Å²) in [6.07, 6.45) is 1.83. The second-order valence-corrected chi connectivity index (χ2v) is 5.22. The van der Waals surface area contributed by atoms with Gasteiger partial charge >= 0.3 is 0 Å². The quantitative estimate of drug-likeness (QED) is 0.752. The Morgan fingerprint density at radius 2 is 2.06 bits per heavy atom. The summed E-state index contributed by atoms with van der Waals surface area (Å²) < 4.78 is 0. The van der Waals surface area contributed by atoms with Crippen LogP contribution < -0.4 is 0 Å². The van der Waals surface area contributed by atoms with Gasteiger partial charge in [0.1, 0.15) is 0 Å². The van der Waals surface area contributed by atoms with Crippen molar-refractivity contribution in [2.24, 2.45) is 0 Å². The zero-order valence-corrected chi connectivity index (χ0v) is 11.1. The van der Waals surface area contributed by atoms with Crippen LogP contribution in [0.1, 0.15) is 29.1 Å². The number of hydrogen-bond donors (Lipinski definition) is 0. The molecule has 0 radical (unpaired) electrons. The van der Waals surface area contributed by atoms with Gasteiger partial charge in [-0.25, -0.2) is 9.97 Å². The summed E-state index contributed by atoms with van der Waals surface area (Å²) in [4.78, 5) is 8.88. The fourth-order valence-electron chi connectivity index (χ4n) is 1.59. The highest BCUT2D eigenvalue weighted by molar-refractivity contribution is 7.08. The van der Waals surface area contributed by atoms with E-state index in [2.05, 4.69) is 27.7 Å². The van der Waals surface area contributed by atoms with E-state index in [4.69, 9.17) is 11.6 Å². The third kappa shape index (κ3) is 2.11. The molecule has 0 fully saturated rings. The van der Waals surface area contributed by atoms with Crippen molar-refractivity contribution in [2.45, 2.75) is 26.1 Å².